The normalized spacial score (nSPS) is 20.8. The highest BCUT2D eigenvalue weighted by molar-refractivity contribution is 7.90. The SMILES string of the molecule is [3H]c1ccc2c(c1[3H])S(=O)(=O)NC2=O. The minimum atomic E-state index is -3.91. The number of sulfonamides is 1. The maximum absolute atomic E-state index is 11.3. The Morgan fingerprint density at radius 1 is 1.50 bits per heavy atom. The van der Waals surface area contributed by atoms with Crippen LogP contribution in [0.25, 0.3) is 0 Å². The van der Waals surface area contributed by atoms with E-state index in [0.29, 0.717) is 0 Å². The molecule has 1 N–H and O–H groups in total. The summed E-state index contributed by atoms with van der Waals surface area (Å²) in [5, 5.41) is 0. The number of amides is 1. The van der Waals surface area contributed by atoms with Crippen molar-refractivity contribution in [1.29, 1.82) is 0 Å². The van der Waals surface area contributed by atoms with E-state index in [4.69, 9.17) is 2.74 Å². The molecular formula is C7H5NO3S. The Hall–Kier alpha value is -1.36. The molecular weight excluding hydrogens is 178 g/mol. The van der Waals surface area contributed by atoms with Crippen LogP contribution in [0.15, 0.2) is 29.1 Å². The molecule has 1 aromatic rings. The molecule has 1 heterocycles. The van der Waals surface area contributed by atoms with Crippen molar-refractivity contribution in [2.75, 3.05) is 0 Å². The van der Waals surface area contributed by atoms with Crippen LogP contribution >= 0.6 is 0 Å². The summed E-state index contributed by atoms with van der Waals surface area (Å²) in [7, 11) is -3.91. The summed E-state index contributed by atoms with van der Waals surface area (Å²) in [4.78, 5) is 10.7. The number of benzene rings is 1. The highest BCUT2D eigenvalue weighted by atomic mass is 32.2. The summed E-state index contributed by atoms with van der Waals surface area (Å²) in [5.74, 6) is -0.742. The van der Waals surface area contributed by atoms with Crippen LogP contribution in [0, 0.1) is 0 Å². The molecule has 0 bridgehead atoms. The van der Waals surface area contributed by atoms with Gasteiger partial charge in [0.1, 0.15) is 4.90 Å². The van der Waals surface area contributed by atoms with Gasteiger partial charge in [-0.2, -0.15) is 0 Å². The summed E-state index contributed by atoms with van der Waals surface area (Å²) in [6.45, 7) is 0. The lowest BCUT2D eigenvalue weighted by Gasteiger charge is -1.91. The van der Waals surface area contributed by atoms with Gasteiger partial charge in [-0.1, -0.05) is 12.1 Å². The number of carbonyl (C=O) groups is 1. The molecule has 12 heavy (non-hydrogen) atoms. The van der Waals surface area contributed by atoms with Gasteiger partial charge in [-0.3, -0.25) is 4.79 Å². The summed E-state index contributed by atoms with van der Waals surface area (Å²) in [6, 6.07) is 1.79. The molecule has 1 aliphatic rings. The summed E-state index contributed by atoms with van der Waals surface area (Å²) < 4.78 is 39.0. The molecule has 2 rings (SSSR count). The second-order valence-electron chi connectivity index (χ2n) is 2.28. The van der Waals surface area contributed by atoms with Gasteiger partial charge in [0, 0.05) is 0 Å². The van der Waals surface area contributed by atoms with Crippen LogP contribution in [0.3, 0.4) is 0 Å². The lowest BCUT2D eigenvalue weighted by molar-refractivity contribution is 0.0985. The Kier molecular flexibility index (Phi) is 0.917. The van der Waals surface area contributed by atoms with Crippen molar-refractivity contribution in [3.05, 3.63) is 29.8 Å². The van der Waals surface area contributed by atoms with Crippen LogP contribution < -0.4 is 4.72 Å². The van der Waals surface area contributed by atoms with Crippen LogP contribution in [0.5, 0.6) is 0 Å². The molecule has 1 aliphatic heterocycles. The summed E-state index contributed by atoms with van der Waals surface area (Å²) in [6.07, 6.45) is 0. The van der Waals surface area contributed by atoms with Crippen LogP contribution in [0.1, 0.15) is 13.1 Å². The van der Waals surface area contributed by atoms with Crippen LogP contribution in [0.4, 0.5) is 0 Å². The highest BCUT2D eigenvalue weighted by Crippen LogP contribution is 2.20. The quantitative estimate of drug-likeness (QED) is 0.627. The largest absolute Gasteiger partial charge is 0.268 e. The van der Waals surface area contributed by atoms with Crippen molar-refractivity contribution < 1.29 is 16.0 Å². The lowest BCUT2D eigenvalue weighted by Crippen LogP contribution is -2.20. The zero-order valence-corrected chi connectivity index (χ0v) is 6.60. The van der Waals surface area contributed by atoms with Crippen molar-refractivity contribution in [3.8, 4) is 0 Å². The van der Waals surface area contributed by atoms with Crippen molar-refractivity contribution >= 4 is 15.9 Å². The highest BCUT2D eigenvalue weighted by Gasteiger charge is 2.31. The van der Waals surface area contributed by atoms with E-state index in [-0.39, 0.29) is 11.6 Å². The predicted molar refractivity (Wildman–Crippen MR) is 41.1 cm³/mol. The first kappa shape index (κ1) is 5.31. The van der Waals surface area contributed by atoms with Crippen molar-refractivity contribution in [2.45, 2.75) is 4.90 Å². The number of hydrogen-bond acceptors (Lipinski definition) is 3. The molecule has 0 aromatic heterocycles. The number of hydrogen-bond donors (Lipinski definition) is 1. The molecule has 1 amide bonds. The number of fused-ring (bicyclic) bond motifs is 1. The Balaban J connectivity index is 2.91. The minimum absolute atomic E-state index is 0.0639. The third-order valence-electron chi connectivity index (χ3n) is 1.50. The molecule has 0 fully saturated rings. The van der Waals surface area contributed by atoms with Crippen LogP contribution in [0.2, 0.25) is 0 Å². The second-order valence-corrected chi connectivity index (χ2v) is 3.90. The first-order valence-electron chi connectivity index (χ1n) is 4.11. The molecule has 4 nitrogen and oxygen atoms in total. The van der Waals surface area contributed by atoms with Gasteiger partial charge in [-0.05, 0) is 12.1 Å². The fourth-order valence-electron chi connectivity index (χ4n) is 0.994. The standard InChI is InChI=1S/C7H5NO3S/c9-7-5-3-1-2-4-6(5)12(10,11)8-7/h1-4H,(H,8,9)/i2T,4T. The summed E-state index contributed by atoms with van der Waals surface area (Å²) in [5.41, 5.74) is -0.0639. The minimum Gasteiger partial charge on any atom is -0.268 e. The Morgan fingerprint density at radius 3 is 3.00 bits per heavy atom. The Bertz CT molecular complexity index is 538. The van der Waals surface area contributed by atoms with Gasteiger partial charge in [-0.15, -0.1) is 0 Å². The maximum atomic E-state index is 11.3. The molecule has 0 spiro atoms. The van der Waals surface area contributed by atoms with E-state index >= 15 is 0 Å². The fourth-order valence-corrected chi connectivity index (χ4v) is 2.09. The van der Waals surface area contributed by atoms with Crippen molar-refractivity contribution in [1.82, 2.24) is 4.72 Å². The van der Waals surface area contributed by atoms with Gasteiger partial charge in [0.05, 0.1) is 8.30 Å². The third kappa shape index (κ3) is 0.831. The lowest BCUT2D eigenvalue weighted by atomic mass is 10.2. The molecule has 0 saturated carbocycles. The van der Waals surface area contributed by atoms with Crippen LogP contribution in [-0.2, 0) is 10.0 Å². The van der Waals surface area contributed by atoms with E-state index in [0.717, 1.165) is 0 Å². The van der Waals surface area contributed by atoms with Gasteiger partial charge in [0.25, 0.3) is 15.9 Å². The molecule has 0 unspecified atom stereocenters. The molecule has 0 aliphatic carbocycles. The third-order valence-corrected chi connectivity index (χ3v) is 2.82. The van der Waals surface area contributed by atoms with E-state index in [1.54, 1.807) is 4.72 Å². The zero-order chi connectivity index (χ0) is 10.5. The van der Waals surface area contributed by atoms with Gasteiger partial charge in [0.15, 0.2) is 0 Å². The fraction of sp³-hybridized carbons (Fsp3) is 0. The van der Waals surface area contributed by atoms with Gasteiger partial charge in [-0.25, -0.2) is 13.1 Å². The van der Waals surface area contributed by atoms with E-state index in [1.807, 2.05) is 0 Å². The number of carbonyl (C=O) groups excluding carboxylic acids is 1. The maximum Gasteiger partial charge on any atom is 0.266 e. The van der Waals surface area contributed by atoms with E-state index in [1.165, 1.54) is 12.1 Å². The average Bonchev–Trinajstić information content (AvgIpc) is 2.29. The predicted octanol–water partition coefficient (Wildman–Crippen LogP) is 0.119. The van der Waals surface area contributed by atoms with E-state index in [2.05, 4.69) is 0 Å². The van der Waals surface area contributed by atoms with Crippen LogP contribution in [-0.4, -0.2) is 14.3 Å². The molecule has 0 saturated heterocycles. The Labute approximate surface area is 72.1 Å². The Morgan fingerprint density at radius 2 is 2.25 bits per heavy atom. The first-order chi connectivity index (χ1) is 6.43. The van der Waals surface area contributed by atoms with Gasteiger partial charge < -0.3 is 0 Å². The van der Waals surface area contributed by atoms with Gasteiger partial charge >= 0.3 is 0 Å². The molecule has 62 valence electrons. The monoisotopic (exact) mass is 187 g/mol. The topological polar surface area (TPSA) is 63.2 Å². The first-order valence-corrected chi connectivity index (χ1v) is 4.59. The number of rotatable bonds is 0. The van der Waals surface area contributed by atoms with Crippen molar-refractivity contribution in [3.63, 3.8) is 0 Å². The molecule has 0 atom stereocenters. The van der Waals surface area contributed by atoms with Crippen molar-refractivity contribution in [2.24, 2.45) is 0 Å². The van der Waals surface area contributed by atoms with Gasteiger partial charge in [0.2, 0.25) is 0 Å². The van der Waals surface area contributed by atoms with E-state index < -0.39 is 26.9 Å². The van der Waals surface area contributed by atoms with E-state index in [9.17, 15) is 13.2 Å². The molecule has 5 heteroatoms. The summed E-state index contributed by atoms with van der Waals surface area (Å²) >= 11 is 0. The number of nitrogens with one attached hydrogen (secondary N) is 1. The average molecular weight is 187 g/mol. The second kappa shape index (κ2) is 2.07. The zero-order valence-electron chi connectivity index (χ0n) is 7.79. The smallest absolute Gasteiger partial charge is 0.266 e. The molecule has 1 aromatic carbocycles. The molecule has 0 radical (unpaired) electrons.